The lowest BCUT2D eigenvalue weighted by Crippen LogP contribution is -2.30. The summed E-state index contributed by atoms with van der Waals surface area (Å²) in [7, 11) is 0. The van der Waals surface area contributed by atoms with Gasteiger partial charge in [0, 0.05) is 31.0 Å². The lowest BCUT2D eigenvalue weighted by molar-refractivity contribution is -0.132. The monoisotopic (exact) mass is 211 g/mol. The van der Waals surface area contributed by atoms with E-state index < -0.39 is 6.29 Å². The number of aliphatic hydroxyl groups excluding tert-OH is 1. The highest BCUT2D eigenvalue weighted by Gasteiger charge is 2.38. The van der Waals surface area contributed by atoms with Gasteiger partial charge in [-0.2, -0.15) is 0 Å². The van der Waals surface area contributed by atoms with Crippen molar-refractivity contribution in [2.24, 2.45) is 11.8 Å². The van der Waals surface area contributed by atoms with Crippen LogP contribution < -0.4 is 5.32 Å². The molecule has 1 heterocycles. The van der Waals surface area contributed by atoms with E-state index in [1.165, 1.54) is 19.3 Å². The number of hydrogen-bond acceptors (Lipinski definition) is 3. The van der Waals surface area contributed by atoms with Crippen LogP contribution in [0.25, 0.3) is 0 Å². The topological polar surface area (TPSA) is 41.5 Å². The number of aliphatic hydroxyl groups is 1. The summed E-state index contributed by atoms with van der Waals surface area (Å²) >= 11 is 0. The molecular weight excluding hydrogens is 190 g/mol. The minimum atomic E-state index is -0.611. The summed E-state index contributed by atoms with van der Waals surface area (Å²) in [4.78, 5) is 0. The molecule has 0 radical (unpaired) electrons. The van der Waals surface area contributed by atoms with Crippen LogP contribution in [0.2, 0.25) is 0 Å². The van der Waals surface area contributed by atoms with Gasteiger partial charge in [0.25, 0.3) is 0 Å². The van der Waals surface area contributed by atoms with Crippen molar-refractivity contribution < 1.29 is 9.84 Å². The lowest BCUT2D eigenvalue weighted by atomic mass is 9.89. The second-order valence-corrected chi connectivity index (χ2v) is 4.46. The third-order valence-electron chi connectivity index (χ3n) is 3.52. The van der Waals surface area contributed by atoms with Crippen molar-refractivity contribution in [3.05, 3.63) is 12.2 Å². The van der Waals surface area contributed by atoms with Gasteiger partial charge >= 0.3 is 0 Å². The Labute approximate surface area is 91.5 Å². The second-order valence-electron chi connectivity index (χ2n) is 4.46. The van der Waals surface area contributed by atoms with Gasteiger partial charge < -0.3 is 15.2 Å². The fraction of sp³-hybridized carbons (Fsp3) is 0.833. The molecule has 86 valence electrons. The van der Waals surface area contributed by atoms with Gasteiger partial charge in [-0.15, -0.1) is 0 Å². The molecule has 15 heavy (non-hydrogen) atoms. The number of hydrogen-bond donors (Lipinski definition) is 2. The van der Waals surface area contributed by atoms with E-state index in [2.05, 4.69) is 17.5 Å². The fourth-order valence-electron chi connectivity index (χ4n) is 2.72. The molecule has 2 N–H and O–H groups in total. The molecule has 0 saturated carbocycles. The molecule has 3 nitrogen and oxygen atoms in total. The Morgan fingerprint density at radius 2 is 2.47 bits per heavy atom. The molecule has 0 aromatic carbocycles. The highest BCUT2D eigenvalue weighted by molar-refractivity contribution is 5.05. The van der Waals surface area contributed by atoms with E-state index in [1.807, 2.05) is 6.92 Å². The van der Waals surface area contributed by atoms with E-state index in [4.69, 9.17) is 4.74 Å². The van der Waals surface area contributed by atoms with Crippen LogP contribution in [-0.2, 0) is 4.74 Å². The second kappa shape index (κ2) is 5.10. The smallest absolute Gasteiger partial charge is 0.159 e. The molecule has 0 bridgehead atoms. The minimum absolute atomic E-state index is 0.226. The Hall–Kier alpha value is -0.380. The number of rotatable bonds is 3. The zero-order valence-electron chi connectivity index (χ0n) is 9.36. The first-order valence-electron chi connectivity index (χ1n) is 6.02. The third-order valence-corrected chi connectivity index (χ3v) is 3.52. The lowest BCUT2D eigenvalue weighted by Gasteiger charge is -2.23. The molecule has 4 atom stereocenters. The highest BCUT2D eigenvalue weighted by Crippen LogP contribution is 2.32. The van der Waals surface area contributed by atoms with Crippen LogP contribution in [0.3, 0.4) is 0 Å². The molecule has 1 fully saturated rings. The maximum Gasteiger partial charge on any atom is 0.159 e. The third kappa shape index (κ3) is 2.41. The van der Waals surface area contributed by atoms with Crippen LogP contribution in [-0.4, -0.2) is 30.6 Å². The first-order valence-corrected chi connectivity index (χ1v) is 6.02. The molecule has 3 heteroatoms. The van der Waals surface area contributed by atoms with Gasteiger partial charge in [-0.05, 0) is 26.2 Å². The Morgan fingerprint density at radius 1 is 1.60 bits per heavy atom. The molecule has 2 aliphatic rings. The molecular formula is C12H21NO2. The Morgan fingerprint density at radius 3 is 3.27 bits per heavy atom. The Balaban J connectivity index is 2.01. The molecule has 0 spiro atoms. The van der Waals surface area contributed by atoms with Crippen molar-refractivity contribution in [1.29, 1.82) is 0 Å². The van der Waals surface area contributed by atoms with Crippen molar-refractivity contribution in [1.82, 2.24) is 5.32 Å². The quantitative estimate of drug-likeness (QED) is 0.546. The van der Waals surface area contributed by atoms with Crippen LogP contribution in [0, 0.1) is 11.8 Å². The molecule has 1 aliphatic heterocycles. The van der Waals surface area contributed by atoms with E-state index in [-0.39, 0.29) is 5.92 Å². The molecule has 4 unspecified atom stereocenters. The fourth-order valence-corrected chi connectivity index (χ4v) is 2.72. The standard InChI is InChI=1S/C12H21NO2/c1-2-15-12(14)10-8-13-11-7-5-3-4-6-9(10)11/h4,6,9-14H,2-3,5,7-8H2,1H3. The normalized spacial score (nSPS) is 37.3. The van der Waals surface area contributed by atoms with Gasteiger partial charge in [0.05, 0.1) is 0 Å². The summed E-state index contributed by atoms with van der Waals surface area (Å²) in [5, 5.41) is 13.4. The van der Waals surface area contributed by atoms with Crippen LogP contribution in [0.15, 0.2) is 12.2 Å². The zero-order valence-corrected chi connectivity index (χ0v) is 9.36. The SMILES string of the molecule is CCOC(O)C1CNC2CCCC=CC21. The molecule has 0 aromatic rings. The van der Waals surface area contributed by atoms with Gasteiger partial charge in [-0.1, -0.05) is 12.2 Å². The summed E-state index contributed by atoms with van der Waals surface area (Å²) in [6.07, 6.45) is 7.55. The highest BCUT2D eigenvalue weighted by atomic mass is 16.6. The van der Waals surface area contributed by atoms with E-state index in [0.29, 0.717) is 18.6 Å². The van der Waals surface area contributed by atoms with Gasteiger partial charge in [0.1, 0.15) is 0 Å². The van der Waals surface area contributed by atoms with Gasteiger partial charge in [-0.25, -0.2) is 0 Å². The molecule has 2 rings (SSSR count). The number of fused-ring (bicyclic) bond motifs is 1. The van der Waals surface area contributed by atoms with Crippen molar-refractivity contribution in [2.75, 3.05) is 13.2 Å². The number of ether oxygens (including phenoxy) is 1. The first-order chi connectivity index (χ1) is 7.33. The Bertz CT molecular complexity index is 230. The predicted octanol–water partition coefficient (Wildman–Crippen LogP) is 1.29. The maximum absolute atomic E-state index is 9.88. The summed E-state index contributed by atoms with van der Waals surface area (Å²) in [6, 6.07) is 0.545. The maximum atomic E-state index is 9.88. The average molecular weight is 211 g/mol. The van der Waals surface area contributed by atoms with E-state index in [9.17, 15) is 5.11 Å². The van der Waals surface area contributed by atoms with E-state index in [1.54, 1.807) is 0 Å². The van der Waals surface area contributed by atoms with Crippen molar-refractivity contribution >= 4 is 0 Å². The van der Waals surface area contributed by atoms with Gasteiger partial charge in [0.2, 0.25) is 0 Å². The predicted molar refractivity (Wildman–Crippen MR) is 59.4 cm³/mol. The minimum Gasteiger partial charge on any atom is -0.368 e. The Kier molecular flexibility index (Phi) is 3.78. The van der Waals surface area contributed by atoms with Crippen LogP contribution in [0.5, 0.6) is 0 Å². The molecule has 0 amide bonds. The summed E-state index contributed by atoms with van der Waals surface area (Å²) < 4.78 is 5.30. The molecule has 0 aromatic heterocycles. The summed E-state index contributed by atoms with van der Waals surface area (Å²) in [5.41, 5.74) is 0. The van der Waals surface area contributed by atoms with Crippen molar-refractivity contribution in [3.63, 3.8) is 0 Å². The van der Waals surface area contributed by atoms with Crippen molar-refractivity contribution in [2.45, 2.75) is 38.5 Å². The average Bonchev–Trinajstić information content (AvgIpc) is 2.48. The van der Waals surface area contributed by atoms with Gasteiger partial charge in [0.15, 0.2) is 6.29 Å². The van der Waals surface area contributed by atoms with E-state index in [0.717, 1.165) is 6.54 Å². The number of allylic oxidation sites excluding steroid dienone is 1. The largest absolute Gasteiger partial charge is 0.368 e. The van der Waals surface area contributed by atoms with Crippen LogP contribution in [0.4, 0.5) is 0 Å². The zero-order chi connectivity index (χ0) is 10.7. The van der Waals surface area contributed by atoms with E-state index >= 15 is 0 Å². The number of nitrogens with one attached hydrogen (secondary N) is 1. The van der Waals surface area contributed by atoms with Crippen LogP contribution >= 0.6 is 0 Å². The summed E-state index contributed by atoms with van der Waals surface area (Å²) in [6.45, 7) is 3.38. The van der Waals surface area contributed by atoms with Gasteiger partial charge in [-0.3, -0.25) is 0 Å². The molecule has 1 saturated heterocycles. The first kappa shape index (κ1) is 11.1. The summed E-state index contributed by atoms with van der Waals surface area (Å²) in [5.74, 6) is 0.679. The molecule has 1 aliphatic carbocycles. The van der Waals surface area contributed by atoms with Crippen molar-refractivity contribution in [3.8, 4) is 0 Å². The van der Waals surface area contributed by atoms with Crippen LogP contribution in [0.1, 0.15) is 26.2 Å².